The van der Waals surface area contributed by atoms with E-state index in [9.17, 15) is 8.78 Å². The van der Waals surface area contributed by atoms with Crippen molar-refractivity contribution in [1.82, 2.24) is 0 Å². The lowest BCUT2D eigenvalue weighted by Gasteiger charge is -2.21. The van der Waals surface area contributed by atoms with Gasteiger partial charge in [-0.2, -0.15) is 0 Å². The third-order valence-corrected chi connectivity index (χ3v) is 4.10. The molecule has 0 aromatic heterocycles. The Morgan fingerprint density at radius 1 is 0.750 bits per heavy atom. The van der Waals surface area contributed by atoms with Gasteiger partial charge in [-0.05, 0) is 21.9 Å². The quantitative estimate of drug-likeness (QED) is 0.576. The molecular formula is C18H12F2. The first-order valence-corrected chi connectivity index (χ1v) is 6.64. The van der Waals surface area contributed by atoms with E-state index in [1.807, 2.05) is 42.5 Å². The van der Waals surface area contributed by atoms with Gasteiger partial charge in [0.15, 0.2) is 0 Å². The maximum Gasteiger partial charge on any atom is 0.284 e. The fourth-order valence-electron chi connectivity index (χ4n) is 3.27. The molecule has 0 bridgehead atoms. The Labute approximate surface area is 115 Å². The summed E-state index contributed by atoms with van der Waals surface area (Å²) in [5.41, 5.74) is 1.55. The molecular weight excluding hydrogens is 254 g/mol. The Morgan fingerprint density at radius 3 is 2.20 bits per heavy atom. The summed E-state index contributed by atoms with van der Waals surface area (Å²) in [7, 11) is 0. The van der Waals surface area contributed by atoms with Crippen LogP contribution < -0.4 is 0 Å². The van der Waals surface area contributed by atoms with Crippen LogP contribution in [0.4, 0.5) is 8.78 Å². The second-order valence-electron chi connectivity index (χ2n) is 5.22. The third-order valence-electron chi connectivity index (χ3n) is 4.10. The van der Waals surface area contributed by atoms with Gasteiger partial charge in [-0.15, -0.1) is 0 Å². The Kier molecular flexibility index (Phi) is 2.25. The summed E-state index contributed by atoms with van der Waals surface area (Å²) in [5.74, 6) is -3.74. The van der Waals surface area contributed by atoms with E-state index in [0.29, 0.717) is 10.9 Å². The Bertz CT molecular complexity index is 786. The zero-order valence-corrected chi connectivity index (χ0v) is 10.7. The second kappa shape index (κ2) is 3.89. The molecule has 0 aliphatic heterocycles. The van der Waals surface area contributed by atoms with Crippen LogP contribution in [0.5, 0.6) is 0 Å². The Balaban J connectivity index is 2.07. The minimum absolute atomic E-state index is 0.152. The van der Waals surface area contributed by atoms with Crippen molar-refractivity contribution >= 4 is 10.8 Å². The van der Waals surface area contributed by atoms with E-state index in [-0.39, 0.29) is 5.56 Å². The molecule has 0 spiro atoms. The van der Waals surface area contributed by atoms with Gasteiger partial charge < -0.3 is 0 Å². The highest BCUT2D eigenvalue weighted by Gasteiger charge is 2.49. The van der Waals surface area contributed by atoms with Gasteiger partial charge >= 0.3 is 0 Å². The predicted octanol–water partition coefficient (Wildman–Crippen LogP) is 5.08. The number of hydrogen-bond acceptors (Lipinski definition) is 0. The molecule has 1 aliphatic rings. The van der Waals surface area contributed by atoms with Crippen LogP contribution in [0.1, 0.15) is 22.6 Å². The SMILES string of the molecule is FC1(F)c2cccc3cccc(c23)C1c1ccccc1. The van der Waals surface area contributed by atoms with Crippen molar-refractivity contribution in [3.63, 3.8) is 0 Å². The van der Waals surface area contributed by atoms with Crippen LogP contribution >= 0.6 is 0 Å². The van der Waals surface area contributed by atoms with Gasteiger partial charge in [-0.25, -0.2) is 8.78 Å². The van der Waals surface area contributed by atoms with Crippen LogP contribution in [0.3, 0.4) is 0 Å². The molecule has 3 aromatic carbocycles. The molecule has 98 valence electrons. The van der Waals surface area contributed by atoms with Gasteiger partial charge in [-0.3, -0.25) is 0 Å². The van der Waals surface area contributed by atoms with E-state index in [1.165, 1.54) is 0 Å². The molecule has 2 heteroatoms. The number of alkyl halides is 2. The molecule has 0 heterocycles. The average Bonchev–Trinajstić information content (AvgIpc) is 2.70. The van der Waals surface area contributed by atoms with Crippen molar-refractivity contribution in [2.24, 2.45) is 0 Å². The van der Waals surface area contributed by atoms with Crippen LogP contribution in [0.25, 0.3) is 10.8 Å². The van der Waals surface area contributed by atoms with Crippen molar-refractivity contribution in [2.45, 2.75) is 11.8 Å². The summed E-state index contributed by atoms with van der Waals surface area (Å²) < 4.78 is 29.7. The summed E-state index contributed by atoms with van der Waals surface area (Å²) in [6, 6.07) is 19.8. The summed E-state index contributed by atoms with van der Waals surface area (Å²) >= 11 is 0. The maximum atomic E-state index is 14.9. The van der Waals surface area contributed by atoms with Gasteiger partial charge in [-0.1, -0.05) is 66.7 Å². The van der Waals surface area contributed by atoms with Gasteiger partial charge in [0.25, 0.3) is 5.92 Å². The smallest absolute Gasteiger partial charge is 0.200 e. The first-order chi connectivity index (χ1) is 9.69. The molecule has 0 nitrogen and oxygen atoms in total. The van der Waals surface area contributed by atoms with E-state index >= 15 is 0 Å². The third kappa shape index (κ3) is 1.39. The minimum Gasteiger partial charge on any atom is -0.200 e. The topological polar surface area (TPSA) is 0 Å². The van der Waals surface area contributed by atoms with Crippen LogP contribution in [0, 0.1) is 0 Å². The molecule has 1 aliphatic carbocycles. The fraction of sp³-hybridized carbons (Fsp3) is 0.111. The Morgan fingerprint density at radius 2 is 1.45 bits per heavy atom. The highest BCUT2D eigenvalue weighted by atomic mass is 19.3. The van der Waals surface area contributed by atoms with Crippen LogP contribution in [0.2, 0.25) is 0 Å². The minimum atomic E-state index is -2.86. The lowest BCUT2D eigenvalue weighted by molar-refractivity contribution is -0.0145. The molecule has 0 fully saturated rings. The number of hydrogen-bond donors (Lipinski definition) is 0. The summed E-state index contributed by atoms with van der Waals surface area (Å²) in [5, 5.41) is 1.60. The number of benzene rings is 3. The first-order valence-electron chi connectivity index (χ1n) is 6.64. The largest absolute Gasteiger partial charge is 0.284 e. The zero-order valence-electron chi connectivity index (χ0n) is 10.7. The average molecular weight is 266 g/mol. The van der Waals surface area contributed by atoms with Crippen LogP contribution in [-0.4, -0.2) is 0 Å². The second-order valence-corrected chi connectivity index (χ2v) is 5.22. The molecule has 0 N–H and O–H groups in total. The summed E-state index contributed by atoms with van der Waals surface area (Å²) in [6.45, 7) is 0. The normalized spacial score (nSPS) is 19.4. The van der Waals surface area contributed by atoms with Gasteiger partial charge in [0.2, 0.25) is 0 Å². The molecule has 3 aromatic rings. The van der Waals surface area contributed by atoms with E-state index in [2.05, 4.69) is 0 Å². The van der Waals surface area contributed by atoms with E-state index < -0.39 is 11.8 Å². The molecule has 1 atom stereocenters. The standard InChI is InChI=1S/C18H12F2/c19-18(20)15-11-5-9-12-8-4-10-14(16(12)15)17(18)13-6-2-1-3-7-13/h1-11,17H. The maximum absolute atomic E-state index is 14.9. The lowest BCUT2D eigenvalue weighted by Crippen LogP contribution is -2.19. The molecule has 0 saturated heterocycles. The monoisotopic (exact) mass is 266 g/mol. The summed E-state index contributed by atoms with van der Waals surface area (Å²) in [6.07, 6.45) is 0. The van der Waals surface area contributed by atoms with Crippen molar-refractivity contribution in [1.29, 1.82) is 0 Å². The molecule has 0 saturated carbocycles. The molecule has 0 amide bonds. The lowest BCUT2D eigenvalue weighted by atomic mass is 9.90. The summed E-state index contributed by atoms with van der Waals surface area (Å²) in [4.78, 5) is 0. The van der Waals surface area contributed by atoms with Crippen molar-refractivity contribution < 1.29 is 8.78 Å². The highest BCUT2D eigenvalue weighted by molar-refractivity contribution is 5.93. The van der Waals surface area contributed by atoms with Gasteiger partial charge in [0, 0.05) is 5.56 Å². The highest BCUT2D eigenvalue weighted by Crippen LogP contribution is 2.55. The van der Waals surface area contributed by atoms with Crippen LogP contribution in [-0.2, 0) is 5.92 Å². The molecule has 1 unspecified atom stereocenters. The van der Waals surface area contributed by atoms with Crippen molar-refractivity contribution in [3.8, 4) is 0 Å². The molecule has 0 radical (unpaired) electrons. The predicted molar refractivity (Wildman–Crippen MR) is 76.1 cm³/mol. The fourth-order valence-corrected chi connectivity index (χ4v) is 3.27. The number of halogens is 2. The zero-order chi connectivity index (χ0) is 13.7. The van der Waals surface area contributed by atoms with Crippen LogP contribution in [0.15, 0.2) is 66.7 Å². The van der Waals surface area contributed by atoms with E-state index in [4.69, 9.17) is 0 Å². The number of rotatable bonds is 1. The Hall–Kier alpha value is -2.22. The van der Waals surface area contributed by atoms with Crippen molar-refractivity contribution in [2.75, 3.05) is 0 Å². The van der Waals surface area contributed by atoms with E-state index in [1.54, 1.807) is 24.3 Å². The first kappa shape index (κ1) is 11.6. The molecule has 20 heavy (non-hydrogen) atoms. The van der Waals surface area contributed by atoms with Crippen molar-refractivity contribution in [3.05, 3.63) is 83.4 Å². The van der Waals surface area contributed by atoms with Gasteiger partial charge in [0.05, 0.1) is 5.92 Å². The molecule has 4 rings (SSSR count). The van der Waals surface area contributed by atoms with E-state index in [0.717, 1.165) is 10.9 Å². The van der Waals surface area contributed by atoms with Gasteiger partial charge in [0.1, 0.15) is 0 Å².